The molecule has 0 fully saturated rings. The van der Waals surface area contributed by atoms with Gasteiger partial charge in [0.2, 0.25) is 5.91 Å². The molecule has 1 N–H and O–H groups in total. The van der Waals surface area contributed by atoms with Crippen molar-refractivity contribution in [2.75, 3.05) is 20.8 Å². The predicted octanol–water partition coefficient (Wildman–Crippen LogP) is 3.84. The van der Waals surface area contributed by atoms with Crippen LogP contribution in [0.3, 0.4) is 0 Å². The number of carbonyl (C=O) groups excluding carboxylic acids is 1. The summed E-state index contributed by atoms with van der Waals surface area (Å²) in [4.78, 5) is 30.4. The van der Waals surface area contributed by atoms with Crippen LogP contribution in [-0.4, -0.2) is 41.5 Å². The first-order valence-electron chi connectivity index (χ1n) is 11.5. The number of aromatic nitrogens is 2. The van der Waals surface area contributed by atoms with Gasteiger partial charge in [0.05, 0.1) is 19.5 Å². The SMILES string of the molecule is COc1ccc(CCNC(=O)C(C)Sc2nc(C)c(Cc3ccc(C)cc3)c(=O)n2C)cc1OC. The highest BCUT2D eigenvalue weighted by molar-refractivity contribution is 8.00. The number of benzene rings is 2. The summed E-state index contributed by atoms with van der Waals surface area (Å²) in [6.45, 7) is 6.19. The molecule has 1 unspecified atom stereocenters. The van der Waals surface area contributed by atoms with Gasteiger partial charge in [-0.2, -0.15) is 0 Å². The number of aryl methyl sites for hydroxylation is 2. The normalized spacial score (nSPS) is 11.7. The fourth-order valence-corrected chi connectivity index (χ4v) is 4.61. The second-order valence-corrected chi connectivity index (χ2v) is 9.78. The number of rotatable bonds is 10. The maximum absolute atomic E-state index is 13.0. The van der Waals surface area contributed by atoms with E-state index in [4.69, 9.17) is 9.47 Å². The van der Waals surface area contributed by atoms with Crippen LogP contribution in [-0.2, 0) is 24.7 Å². The molecule has 2 aromatic carbocycles. The van der Waals surface area contributed by atoms with Gasteiger partial charge in [0, 0.05) is 31.3 Å². The van der Waals surface area contributed by atoms with E-state index < -0.39 is 5.25 Å². The molecular weight excluding hydrogens is 462 g/mol. The molecule has 7 nitrogen and oxygen atoms in total. The molecule has 0 aliphatic heterocycles. The molecule has 35 heavy (non-hydrogen) atoms. The average Bonchev–Trinajstić information content (AvgIpc) is 2.85. The summed E-state index contributed by atoms with van der Waals surface area (Å²) in [5.41, 5.74) is 4.57. The molecule has 0 aliphatic rings. The average molecular weight is 496 g/mol. The number of hydrogen-bond acceptors (Lipinski definition) is 6. The maximum Gasteiger partial charge on any atom is 0.257 e. The van der Waals surface area contributed by atoms with E-state index in [1.165, 1.54) is 21.9 Å². The second kappa shape index (κ2) is 11.9. The smallest absolute Gasteiger partial charge is 0.257 e. The number of amides is 1. The van der Waals surface area contributed by atoms with E-state index in [0.29, 0.717) is 47.3 Å². The number of ether oxygens (including phenoxy) is 2. The van der Waals surface area contributed by atoms with Crippen molar-refractivity contribution in [3.05, 3.63) is 80.8 Å². The summed E-state index contributed by atoms with van der Waals surface area (Å²) in [6.07, 6.45) is 1.19. The summed E-state index contributed by atoms with van der Waals surface area (Å²) in [5, 5.41) is 3.10. The quantitative estimate of drug-likeness (QED) is 0.340. The second-order valence-electron chi connectivity index (χ2n) is 8.48. The molecule has 3 aromatic rings. The van der Waals surface area contributed by atoms with Crippen molar-refractivity contribution in [1.82, 2.24) is 14.9 Å². The van der Waals surface area contributed by atoms with Crippen LogP contribution in [0.4, 0.5) is 0 Å². The molecule has 0 saturated heterocycles. The summed E-state index contributed by atoms with van der Waals surface area (Å²) < 4.78 is 12.1. The van der Waals surface area contributed by atoms with Crippen molar-refractivity contribution in [1.29, 1.82) is 0 Å². The molecule has 0 aliphatic carbocycles. The van der Waals surface area contributed by atoms with Gasteiger partial charge in [0.15, 0.2) is 16.7 Å². The van der Waals surface area contributed by atoms with Gasteiger partial charge >= 0.3 is 0 Å². The van der Waals surface area contributed by atoms with Crippen LogP contribution in [0, 0.1) is 13.8 Å². The summed E-state index contributed by atoms with van der Waals surface area (Å²) in [5.74, 6) is 1.23. The van der Waals surface area contributed by atoms with Crippen LogP contribution >= 0.6 is 11.8 Å². The summed E-state index contributed by atoms with van der Waals surface area (Å²) in [7, 11) is 4.90. The lowest BCUT2D eigenvalue weighted by atomic mass is 10.0. The molecule has 3 rings (SSSR count). The van der Waals surface area contributed by atoms with Crippen molar-refractivity contribution in [2.45, 2.75) is 44.0 Å². The van der Waals surface area contributed by atoms with Gasteiger partial charge in [-0.15, -0.1) is 0 Å². The maximum atomic E-state index is 13.0. The lowest BCUT2D eigenvalue weighted by Gasteiger charge is -2.16. The minimum atomic E-state index is -0.402. The lowest BCUT2D eigenvalue weighted by Crippen LogP contribution is -2.33. The molecule has 8 heteroatoms. The zero-order chi connectivity index (χ0) is 25.5. The molecular formula is C27H33N3O4S. The van der Waals surface area contributed by atoms with Gasteiger partial charge in [-0.1, -0.05) is 47.7 Å². The Labute approximate surface area is 210 Å². The number of hydrogen-bond donors (Lipinski definition) is 1. The standard InChI is InChI=1S/C27H33N3O4S/c1-17-7-9-20(10-8-17)15-22-18(2)29-27(30(4)26(22)32)35-19(3)25(31)28-14-13-21-11-12-23(33-5)24(16-21)34-6/h7-12,16,19H,13-15H2,1-6H3,(H,28,31). The van der Waals surface area contributed by atoms with Crippen LogP contribution in [0.2, 0.25) is 0 Å². The summed E-state index contributed by atoms with van der Waals surface area (Å²) >= 11 is 1.28. The molecule has 1 atom stereocenters. The number of nitrogens with one attached hydrogen (secondary N) is 1. The first-order chi connectivity index (χ1) is 16.7. The molecule has 0 spiro atoms. The topological polar surface area (TPSA) is 82.5 Å². The number of nitrogens with zero attached hydrogens (tertiary/aromatic N) is 2. The van der Waals surface area contributed by atoms with E-state index >= 15 is 0 Å². The minimum absolute atomic E-state index is 0.0818. The minimum Gasteiger partial charge on any atom is -0.493 e. The van der Waals surface area contributed by atoms with E-state index in [2.05, 4.69) is 10.3 Å². The Morgan fingerprint density at radius 2 is 1.71 bits per heavy atom. The largest absolute Gasteiger partial charge is 0.493 e. The Hall–Kier alpha value is -3.26. The number of methoxy groups -OCH3 is 2. The first kappa shape index (κ1) is 26.3. The van der Waals surface area contributed by atoms with Crippen molar-refractivity contribution >= 4 is 17.7 Å². The monoisotopic (exact) mass is 495 g/mol. The molecule has 1 heterocycles. The number of thioether (sulfide) groups is 1. The van der Waals surface area contributed by atoms with Crippen LogP contribution in [0.1, 0.15) is 34.9 Å². The van der Waals surface area contributed by atoms with Crippen molar-refractivity contribution < 1.29 is 14.3 Å². The van der Waals surface area contributed by atoms with Crippen molar-refractivity contribution in [3.63, 3.8) is 0 Å². The van der Waals surface area contributed by atoms with Crippen LogP contribution in [0.15, 0.2) is 52.4 Å². The highest BCUT2D eigenvalue weighted by atomic mass is 32.2. The third-order valence-corrected chi connectivity index (χ3v) is 7.01. The molecule has 1 amide bonds. The fraction of sp³-hybridized carbons (Fsp3) is 0.370. The lowest BCUT2D eigenvalue weighted by molar-refractivity contribution is -0.120. The zero-order valence-electron chi connectivity index (χ0n) is 21.2. The highest BCUT2D eigenvalue weighted by Crippen LogP contribution is 2.27. The third-order valence-electron chi connectivity index (χ3n) is 5.86. The van der Waals surface area contributed by atoms with E-state index in [1.807, 2.05) is 63.2 Å². The van der Waals surface area contributed by atoms with E-state index in [-0.39, 0.29) is 11.5 Å². The summed E-state index contributed by atoms with van der Waals surface area (Å²) in [6, 6.07) is 13.9. The molecule has 186 valence electrons. The van der Waals surface area contributed by atoms with Gasteiger partial charge in [-0.25, -0.2) is 4.98 Å². The Bertz CT molecular complexity index is 1240. The van der Waals surface area contributed by atoms with E-state index in [9.17, 15) is 9.59 Å². The third kappa shape index (κ3) is 6.66. The van der Waals surface area contributed by atoms with Gasteiger partial charge in [0.1, 0.15) is 0 Å². The fourth-order valence-electron chi connectivity index (χ4n) is 3.67. The molecule has 0 radical (unpaired) electrons. The Kier molecular flexibility index (Phi) is 8.98. The number of carbonyl (C=O) groups is 1. The van der Waals surface area contributed by atoms with Gasteiger partial charge in [-0.3, -0.25) is 14.2 Å². The highest BCUT2D eigenvalue weighted by Gasteiger charge is 2.19. The van der Waals surface area contributed by atoms with Gasteiger partial charge < -0.3 is 14.8 Å². The molecule has 0 saturated carbocycles. The van der Waals surface area contributed by atoms with Crippen LogP contribution < -0.4 is 20.3 Å². The Morgan fingerprint density at radius 1 is 1.06 bits per heavy atom. The molecule has 0 bridgehead atoms. The van der Waals surface area contributed by atoms with Gasteiger partial charge in [-0.05, 0) is 50.5 Å². The van der Waals surface area contributed by atoms with Crippen molar-refractivity contribution in [2.24, 2.45) is 7.05 Å². The predicted molar refractivity (Wildman–Crippen MR) is 140 cm³/mol. The Balaban J connectivity index is 1.61. The Morgan fingerprint density at radius 3 is 2.37 bits per heavy atom. The first-order valence-corrected chi connectivity index (χ1v) is 12.4. The molecule has 1 aromatic heterocycles. The van der Waals surface area contributed by atoms with Crippen LogP contribution in [0.25, 0.3) is 0 Å². The van der Waals surface area contributed by atoms with E-state index in [0.717, 1.165) is 11.1 Å². The van der Waals surface area contributed by atoms with E-state index in [1.54, 1.807) is 21.3 Å². The zero-order valence-corrected chi connectivity index (χ0v) is 22.0. The van der Waals surface area contributed by atoms with Gasteiger partial charge in [0.25, 0.3) is 5.56 Å². The van der Waals surface area contributed by atoms with Crippen LogP contribution in [0.5, 0.6) is 11.5 Å². The van der Waals surface area contributed by atoms with Crippen molar-refractivity contribution in [3.8, 4) is 11.5 Å².